The van der Waals surface area contributed by atoms with Crippen molar-refractivity contribution in [1.29, 1.82) is 0 Å². The summed E-state index contributed by atoms with van der Waals surface area (Å²) in [5.41, 5.74) is 1.32. The van der Waals surface area contributed by atoms with Crippen molar-refractivity contribution in [1.82, 2.24) is 4.98 Å². The SMILES string of the molecule is C=NC(=O)c1cc(Oc2cccc(C)c2)ccn1. The van der Waals surface area contributed by atoms with Crippen LogP contribution in [0.1, 0.15) is 16.1 Å². The van der Waals surface area contributed by atoms with Gasteiger partial charge in [0, 0.05) is 12.3 Å². The number of ether oxygens (including phenoxy) is 1. The van der Waals surface area contributed by atoms with E-state index in [-0.39, 0.29) is 5.69 Å². The number of benzene rings is 1. The number of amides is 1. The fourth-order valence-electron chi connectivity index (χ4n) is 1.49. The molecule has 0 aliphatic heterocycles. The van der Waals surface area contributed by atoms with Gasteiger partial charge in [-0.15, -0.1) is 0 Å². The molecule has 0 saturated heterocycles. The average molecular weight is 240 g/mol. The molecule has 0 atom stereocenters. The molecule has 0 saturated carbocycles. The van der Waals surface area contributed by atoms with E-state index < -0.39 is 5.91 Å². The van der Waals surface area contributed by atoms with E-state index in [9.17, 15) is 4.79 Å². The van der Waals surface area contributed by atoms with Gasteiger partial charge < -0.3 is 4.74 Å². The Morgan fingerprint density at radius 3 is 2.78 bits per heavy atom. The van der Waals surface area contributed by atoms with Crippen molar-refractivity contribution < 1.29 is 9.53 Å². The molecule has 0 aliphatic carbocycles. The van der Waals surface area contributed by atoms with E-state index in [1.54, 1.807) is 12.1 Å². The Balaban J connectivity index is 2.24. The molecule has 0 radical (unpaired) electrons. The Hall–Kier alpha value is -2.49. The molecule has 4 heteroatoms. The lowest BCUT2D eigenvalue weighted by Crippen LogP contribution is -1.98. The summed E-state index contributed by atoms with van der Waals surface area (Å²) in [6.07, 6.45) is 1.50. The molecule has 0 aliphatic rings. The molecule has 4 nitrogen and oxygen atoms in total. The average Bonchev–Trinajstić information content (AvgIpc) is 2.38. The van der Waals surface area contributed by atoms with E-state index >= 15 is 0 Å². The maximum Gasteiger partial charge on any atom is 0.295 e. The van der Waals surface area contributed by atoms with Gasteiger partial charge in [0.2, 0.25) is 0 Å². The van der Waals surface area contributed by atoms with Gasteiger partial charge in [0.1, 0.15) is 17.2 Å². The van der Waals surface area contributed by atoms with E-state index in [2.05, 4.69) is 16.7 Å². The van der Waals surface area contributed by atoms with E-state index in [1.165, 1.54) is 6.20 Å². The van der Waals surface area contributed by atoms with Crippen molar-refractivity contribution in [3.63, 3.8) is 0 Å². The van der Waals surface area contributed by atoms with Crippen molar-refractivity contribution in [3.05, 3.63) is 53.9 Å². The molecule has 1 heterocycles. The van der Waals surface area contributed by atoms with Crippen molar-refractivity contribution in [2.75, 3.05) is 0 Å². The zero-order valence-corrected chi connectivity index (χ0v) is 9.96. The third kappa shape index (κ3) is 2.79. The number of hydrogen-bond donors (Lipinski definition) is 0. The quantitative estimate of drug-likeness (QED) is 0.775. The molecule has 0 bridgehead atoms. The number of hydrogen-bond acceptors (Lipinski definition) is 3. The molecule has 1 amide bonds. The summed E-state index contributed by atoms with van der Waals surface area (Å²) in [5, 5.41) is 0. The Morgan fingerprint density at radius 1 is 1.28 bits per heavy atom. The van der Waals surface area contributed by atoms with Crippen molar-refractivity contribution in [3.8, 4) is 11.5 Å². The topological polar surface area (TPSA) is 51.5 Å². The Morgan fingerprint density at radius 2 is 2.06 bits per heavy atom. The molecule has 0 unspecified atom stereocenters. The summed E-state index contributed by atoms with van der Waals surface area (Å²) in [5.74, 6) is 0.790. The van der Waals surface area contributed by atoms with Crippen LogP contribution in [0.3, 0.4) is 0 Å². The van der Waals surface area contributed by atoms with Crippen LogP contribution in [0, 0.1) is 6.92 Å². The minimum absolute atomic E-state index is 0.218. The first-order valence-corrected chi connectivity index (χ1v) is 5.40. The Labute approximate surface area is 105 Å². The second kappa shape index (κ2) is 5.23. The molecule has 0 N–H and O–H groups in total. The number of aliphatic imine (C=N–C) groups is 1. The molecule has 1 aromatic heterocycles. The largest absolute Gasteiger partial charge is 0.457 e. The van der Waals surface area contributed by atoms with Crippen LogP contribution >= 0.6 is 0 Å². The molecule has 1 aromatic carbocycles. The number of pyridine rings is 1. The molecule has 90 valence electrons. The second-order valence-corrected chi connectivity index (χ2v) is 3.76. The lowest BCUT2D eigenvalue weighted by molar-refractivity contribution is 0.0999. The van der Waals surface area contributed by atoms with E-state index in [0.29, 0.717) is 11.5 Å². The van der Waals surface area contributed by atoms with Crippen molar-refractivity contribution in [2.24, 2.45) is 4.99 Å². The van der Waals surface area contributed by atoms with Crippen LogP contribution in [0.15, 0.2) is 47.6 Å². The number of carbonyl (C=O) groups is 1. The molecule has 0 fully saturated rings. The molecule has 18 heavy (non-hydrogen) atoms. The van der Waals surface area contributed by atoms with E-state index in [1.807, 2.05) is 31.2 Å². The summed E-state index contributed by atoms with van der Waals surface area (Å²) in [7, 11) is 0. The second-order valence-electron chi connectivity index (χ2n) is 3.76. The molecular weight excluding hydrogens is 228 g/mol. The first-order chi connectivity index (χ1) is 8.69. The van der Waals surface area contributed by atoms with Crippen LogP contribution in [0.5, 0.6) is 11.5 Å². The Bertz CT molecular complexity index is 594. The summed E-state index contributed by atoms with van der Waals surface area (Å²) in [6, 6.07) is 10.9. The predicted molar refractivity (Wildman–Crippen MR) is 69.4 cm³/mol. The van der Waals surface area contributed by atoms with Crippen LogP contribution < -0.4 is 4.74 Å². The molecule has 0 spiro atoms. The molecule has 2 aromatic rings. The minimum atomic E-state index is -0.468. The van der Waals surface area contributed by atoms with Gasteiger partial charge in [-0.2, -0.15) is 0 Å². The van der Waals surface area contributed by atoms with Crippen LogP contribution in [0.2, 0.25) is 0 Å². The monoisotopic (exact) mass is 240 g/mol. The third-order valence-electron chi connectivity index (χ3n) is 2.32. The highest BCUT2D eigenvalue weighted by atomic mass is 16.5. The standard InChI is InChI=1S/C14H12N2O2/c1-10-4-3-5-11(8-10)18-12-6-7-16-13(9-12)14(17)15-2/h3-9H,2H2,1H3. The Kier molecular flexibility index (Phi) is 3.48. The van der Waals surface area contributed by atoms with Crippen LogP contribution in [-0.4, -0.2) is 17.6 Å². The first kappa shape index (κ1) is 12.0. The molecule has 2 rings (SSSR count). The number of carbonyl (C=O) groups excluding carboxylic acids is 1. The van der Waals surface area contributed by atoms with Crippen molar-refractivity contribution in [2.45, 2.75) is 6.92 Å². The fourth-order valence-corrected chi connectivity index (χ4v) is 1.49. The lowest BCUT2D eigenvalue weighted by Gasteiger charge is -2.06. The van der Waals surface area contributed by atoms with Crippen LogP contribution in [0.4, 0.5) is 0 Å². The van der Waals surface area contributed by atoms with Gasteiger partial charge >= 0.3 is 0 Å². The number of rotatable bonds is 3. The smallest absolute Gasteiger partial charge is 0.295 e. The fraction of sp³-hybridized carbons (Fsp3) is 0.0714. The van der Waals surface area contributed by atoms with Gasteiger partial charge in [-0.05, 0) is 37.4 Å². The van der Waals surface area contributed by atoms with Crippen LogP contribution in [-0.2, 0) is 0 Å². The number of aromatic nitrogens is 1. The highest BCUT2D eigenvalue weighted by Gasteiger charge is 2.06. The first-order valence-electron chi connectivity index (χ1n) is 5.40. The third-order valence-corrected chi connectivity index (χ3v) is 2.32. The van der Waals surface area contributed by atoms with Gasteiger partial charge in [0.25, 0.3) is 5.91 Å². The summed E-state index contributed by atoms with van der Waals surface area (Å²) in [6.45, 7) is 5.16. The van der Waals surface area contributed by atoms with E-state index in [4.69, 9.17) is 4.74 Å². The maximum atomic E-state index is 11.3. The predicted octanol–water partition coefficient (Wildman–Crippen LogP) is 3.02. The van der Waals surface area contributed by atoms with E-state index in [0.717, 1.165) is 5.56 Å². The van der Waals surface area contributed by atoms with Gasteiger partial charge in [0.05, 0.1) is 0 Å². The minimum Gasteiger partial charge on any atom is -0.457 e. The number of nitrogens with zero attached hydrogens (tertiary/aromatic N) is 2. The highest BCUT2D eigenvalue weighted by Crippen LogP contribution is 2.22. The normalized spacial score (nSPS) is 9.83. The maximum absolute atomic E-state index is 11.3. The summed E-state index contributed by atoms with van der Waals surface area (Å²) < 4.78 is 5.64. The van der Waals surface area contributed by atoms with Gasteiger partial charge in [-0.1, -0.05) is 12.1 Å². The zero-order valence-electron chi connectivity index (χ0n) is 9.96. The molecular formula is C14H12N2O2. The summed E-state index contributed by atoms with van der Waals surface area (Å²) >= 11 is 0. The zero-order chi connectivity index (χ0) is 13.0. The summed E-state index contributed by atoms with van der Waals surface area (Å²) in [4.78, 5) is 18.5. The van der Waals surface area contributed by atoms with Gasteiger partial charge in [0.15, 0.2) is 0 Å². The van der Waals surface area contributed by atoms with Gasteiger partial charge in [-0.3, -0.25) is 9.78 Å². The van der Waals surface area contributed by atoms with Crippen LogP contribution in [0.25, 0.3) is 0 Å². The lowest BCUT2D eigenvalue weighted by atomic mass is 10.2. The number of aryl methyl sites for hydroxylation is 1. The van der Waals surface area contributed by atoms with Gasteiger partial charge in [-0.25, -0.2) is 4.99 Å². The highest BCUT2D eigenvalue weighted by molar-refractivity contribution is 5.95. The van der Waals surface area contributed by atoms with Crippen molar-refractivity contribution >= 4 is 12.6 Å².